The molecule has 0 aliphatic rings. The minimum absolute atomic E-state index is 0.118. The predicted octanol–water partition coefficient (Wildman–Crippen LogP) is 2.90. The van der Waals surface area contributed by atoms with E-state index in [2.05, 4.69) is 11.9 Å². The second-order valence-corrected chi connectivity index (χ2v) is 3.70. The standard InChI is InChI=1S/C14H21NO2/c1-5-8-12(7-3)15-10-13(11(4)16)14(17)9-6-2/h7-8,10,15H,3,5-6,9H2,1-2,4H3/b12-8+,13-10-. The zero-order valence-electron chi connectivity index (χ0n) is 10.9. The van der Waals surface area contributed by atoms with E-state index in [1.54, 1.807) is 6.08 Å². The maximum Gasteiger partial charge on any atom is 0.167 e. The Morgan fingerprint density at radius 2 is 1.94 bits per heavy atom. The lowest BCUT2D eigenvalue weighted by atomic mass is 10.1. The van der Waals surface area contributed by atoms with Crippen molar-refractivity contribution in [3.05, 3.63) is 36.2 Å². The van der Waals surface area contributed by atoms with Crippen LogP contribution in [0, 0.1) is 0 Å². The number of carbonyl (C=O) groups is 2. The first-order valence-corrected chi connectivity index (χ1v) is 5.90. The van der Waals surface area contributed by atoms with Crippen molar-refractivity contribution in [1.82, 2.24) is 5.32 Å². The van der Waals surface area contributed by atoms with Crippen LogP contribution in [0.3, 0.4) is 0 Å². The van der Waals surface area contributed by atoms with Crippen molar-refractivity contribution in [3.63, 3.8) is 0 Å². The van der Waals surface area contributed by atoms with Crippen LogP contribution in [-0.4, -0.2) is 11.6 Å². The van der Waals surface area contributed by atoms with Crippen LogP contribution in [0.25, 0.3) is 0 Å². The Balaban J connectivity index is 4.83. The molecule has 0 amide bonds. The molecule has 3 heteroatoms. The molecule has 0 aliphatic heterocycles. The van der Waals surface area contributed by atoms with E-state index in [4.69, 9.17) is 0 Å². The fourth-order valence-corrected chi connectivity index (χ4v) is 1.32. The maximum atomic E-state index is 11.7. The first-order valence-electron chi connectivity index (χ1n) is 5.90. The van der Waals surface area contributed by atoms with Gasteiger partial charge in [-0.05, 0) is 25.8 Å². The molecule has 0 rings (SSSR count). The van der Waals surface area contributed by atoms with Crippen molar-refractivity contribution < 1.29 is 9.59 Å². The van der Waals surface area contributed by atoms with Crippen LogP contribution >= 0.6 is 0 Å². The summed E-state index contributed by atoms with van der Waals surface area (Å²) in [7, 11) is 0. The molecule has 0 radical (unpaired) electrons. The van der Waals surface area contributed by atoms with Gasteiger partial charge >= 0.3 is 0 Å². The number of Topliss-reactive ketones (excluding diaryl/α,β-unsaturated/α-hetero) is 2. The molecular formula is C14H21NO2. The van der Waals surface area contributed by atoms with E-state index in [-0.39, 0.29) is 17.1 Å². The highest BCUT2D eigenvalue weighted by molar-refractivity contribution is 6.19. The van der Waals surface area contributed by atoms with Crippen molar-refractivity contribution in [2.24, 2.45) is 0 Å². The highest BCUT2D eigenvalue weighted by atomic mass is 16.1. The molecule has 0 unspecified atom stereocenters. The molecule has 94 valence electrons. The van der Waals surface area contributed by atoms with Gasteiger partial charge in [-0.1, -0.05) is 26.5 Å². The lowest BCUT2D eigenvalue weighted by Gasteiger charge is -2.05. The van der Waals surface area contributed by atoms with Gasteiger partial charge in [0.05, 0.1) is 5.57 Å². The molecule has 0 aliphatic carbocycles. The number of hydrogen-bond acceptors (Lipinski definition) is 3. The SMILES string of the molecule is C=C/C(=C\CC)N/C=C(/C(C)=O)C(=O)CCC. The summed E-state index contributed by atoms with van der Waals surface area (Å²) in [6, 6.07) is 0. The molecule has 1 N–H and O–H groups in total. The smallest absolute Gasteiger partial charge is 0.167 e. The molecule has 0 aromatic heterocycles. The van der Waals surface area contributed by atoms with E-state index in [1.807, 2.05) is 19.9 Å². The molecule has 3 nitrogen and oxygen atoms in total. The molecule has 0 bridgehead atoms. The number of allylic oxidation sites excluding steroid dienone is 3. The molecule has 0 saturated heterocycles. The fourth-order valence-electron chi connectivity index (χ4n) is 1.32. The van der Waals surface area contributed by atoms with Crippen LogP contribution in [0.5, 0.6) is 0 Å². The van der Waals surface area contributed by atoms with Gasteiger partial charge in [-0.3, -0.25) is 9.59 Å². The van der Waals surface area contributed by atoms with Crippen LogP contribution in [-0.2, 0) is 9.59 Å². The van der Waals surface area contributed by atoms with Crippen LogP contribution < -0.4 is 5.32 Å². The number of nitrogens with one attached hydrogen (secondary N) is 1. The van der Waals surface area contributed by atoms with Crippen molar-refractivity contribution in [3.8, 4) is 0 Å². The van der Waals surface area contributed by atoms with E-state index in [0.29, 0.717) is 6.42 Å². The largest absolute Gasteiger partial charge is 0.361 e. The predicted molar refractivity (Wildman–Crippen MR) is 70.4 cm³/mol. The van der Waals surface area contributed by atoms with E-state index >= 15 is 0 Å². The average molecular weight is 235 g/mol. The molecule has 0 saturated carbocycles. The monoisotopic (exact) mass is 235 g/mol. The lowest BCUT2D eigenvalue weighted by molar-refractivity contribution is -0.120. The Hall–Kier alpha value is -1.64. The van der Waals surface area contributed by atoms with E-state index in [1.165, 1.54) is 13.1 Å². The van der Waals surface area contributed by atoms with Crippen molar-refractivity contribution in [2.45, 2.75) is 40.0 Å². The van der Waals surface area contributed by atoms with Gasteiger partial charge in [-0.25, -0.2) is 0 Å². The van der Waals surface area contributed by atoms with Crippen molar-refractivity contribution in [1.29, 1.82) is 0 Å². The van der Waals surface area contributed by atoms with Gasteiger partial charge in [0.15, 0.2) is 11.6 Å². The normalized spacial score (nSPS) is 12.2. The van der Waals surface area contributed by atoms with E-state index in [9.17, 15) is 9.59 Å². The lowest BCUT2D eigenvalue weighted by Crippen LogP contribution is -2.14. The van der Waals surface area contributed by atoms with Crippen molar-refractivity contribution >= 4 is 11.6 Å². The van der Waals surface area contributed by atoms with Gasteiger partial charge in [0.25, 0.3) is 0 Å². The molecule has 0 heterocycles. The van der Waals surface area contributed by atoms with Gasteiger partial charge in [0, 0.05) is 18.3 Å². The second-order valence-electron chi connectivity index (χ2n) is 3.70. The Morgan fingerprint density at radius 3 is 2.35 bits per heavy atom. The number of rotatable bonds is 8. The van der Waals surface area contributed by atoms with E-state index < -0.39 is 0 Å². The summed E-state index contributed by atoms with van der Waals surface area (Å²) in [4.78, 5) is 23.0. The summed E-state index contributed by atoms with van der Waals surface area (Å²) in [6.07, 6.45) is 7.06. The zero-order chi connectivity index (χ0) is 13.3. The summed E-state index contributed by atoms with van der Waals surface area (Å²) < 4.78 is 0. The summed E-state index contributed by atoms with van der Waals surface area (Å²) in [5, 5.41) is 2.93. The fraction of sp³-hybridized carbons (Fsp3) is 0.429. The van der Waals surface area contributed by atoms with Crippen molar-refractivity contribution in [2.75, 3.05) is 0 Å². The molecule has 0 aromatic rings. The Labute approximate surface area is 103 Å². The summed E-state index contributed by atoms with van der Waals surface area (Å²) in [5.74, 6) is -0.330. The minimum atomic E-state index is -0.212. The molecular weight excluding hydrogens is 214 g/mol. The average Bonchev–Trinajstić information content (AvgIpc) is 2.27. The highest BCUT2D eigenvalue weighted by Crippen LogP contribution is 2.04. The van der Waals surface area contributed by atoms with Gasteiger partial charge in [0.2, 0.25) is 0 Å². The molecule has 17 heavy (non-hydrogen) atoms. The molecule has 0 atom stereocenters. The second kappa shape index (κ2) is 8.50. The van der Waals surface area contributed by atoms with Crippen LogP contribution in [0.4, 0.5) is 0 Å². The molecule has 0 spiro atoms. The van der Waals surface area contributed by atoms with Gasteiger partial charge in [0.1, 0.15) is 0 Å². The van der Waals surface area contributed by atoms with Gasteiger partial charge in [-0.2, -0.15) is 0 Å². The quantitative estimate of drug-likeness (QED) is 0.304. The third-order valence-electron chi connectivity index (χ3n) is 2.18. The summed E-state index contributed by atoms with van der Waals surface area (Å²) in [5.41, 5.74) is 1.02. The van der Waals surface area contributed by atoms with Crippen LogP contribution in [0.1, 0.15) is 40.0 Å². The van der Waals surface area contributed by atoms with E-state index in [0.717, 1.165) is 18.5 Å². The van der Waals surface area contributed by atoms with Crippen LogP contribution in [0.2, 0.25) is 0 Å². The van der Waals surface area contributed by atoms with Crippen LogP contribution in [0.15, 0.2) is 36.2 Å². The topological polar surface area (TPSA) is 46.2 Å². The number of carbonyl (C=O) groups excluding carboxylic acids is 2. The summed E-state index contributed by atoms with van der Waals surface area (Å²) >= 11 is 0. The zero-order valence-corrected chi connectivity index (χ0v) is 10.9. The molecule has 0 aromatic carbocycles. The van der Waals surface area contributed by atoms with Gasteiger partial charge < -0.3 is 5.32 Å². The Kier molecular flexibility index (Phi) is 7.68. The first-order chi connectivity index (χ1) is 8.06. The minimum Gasteiger partial charge on any atom is -0.361 e. The molecule has 0 fully saturated rings. The summed E-state index contributed by atoms with van der Waals surface area (Å²) in [6.45, 7) is 8.97. The number of ketones is 2. The Bertz CT molecular complexity index is 351. The first kappa shape index (κ1) is 15.4. The maximum absolute atomic E-state index is 11.7. The Morgan fingerprint density at radius 1 is 1.29 bits per heavy atom. The highest BCUT2D eigenvalue weighted by Gasteiger charge is 2.12. The third-order valence-corrected chi connectivity index (χ3v) is 2.18. The van der Waals surface area contributed by atoms with Gasteiger partial charge in [-0.15, -0.1) is 0 Å². The number of hydrogen-bond donors (Lipinski definition) is 1. The third kappa shape index (κ3) is 5.85.